The molecule has 0 radical (unpaired) electrons. The first-order valence-electron chi connectivity index (χ1n) is 5.83. The van der Waals surface area contributed by atoms with E-state index in [1.54, 1.807) is 0 Å². The Labute approximate surface area is 91.9 Å². The number of nitrogens with one attached hydrogen (secondary N) is 1. The van der Waals surface area contributed by atoms with Gasteiger partial charge in [0.15, 0.2) is 0 Å². The van der Waals surface area contributed by atoms with E-state index >= 15 is 0 Å². The molecule has 1 N–H and O–H groups in total. The molecule has 0 amide bonds. The van der Waals surface area contributed by atoms with Crippen molar-refractivity contribution >= 4 is 5.95 Å². The van der Waals surface area contributed by atoms with Crippen molar-refractivity contribution in [3.8, 4) is 0 Å². The van der Waals surface area contributed by atoms with Crippen LogP contribution < -0.4 is 5.32 Å². The Morgan fingerprint density at radius 3 is 3.00 bits per heavy atom. The molecular weight excluding hydrogens is 186 g/mol. The third-order valence-electron chi connectivity index (χ3n) is 3.46. The van der Waals surface area contributed by atoms with Gasteiger partial charge in [0.05, 0.1) is 0 Å². The molecule has 3 heteroatoms. The summed E-state index contributed by atoms with van der Waals surface area (Å²) in [5, 5.41) is 3.15. The molecule has 0 aliphatic heterocycles. The molecule has 3 nitrogen and oxygen atoms in total. The number of hydrogen-bond donors (Lipinski definition) is 1. The van der Waals surface area contributed by atoms with Crippen molar-refractivity contribution in [2.24, 2.45) is 5.41 Å². The fourth-order valence-electron chi connectivity index (χ4n) is 2.70. The van der Waals surface area contributed by atoms with Crippen LogP contribution in [0.1, 0.15) is 45.6 Å². The lowest BCUT2D eigenvalue weighted by Gasteiger charge is -2.36. The summed E-state index contributed by atoms with van der Waals surface area (Å²) in [7, 11) is 1.94. The van der Waals surface area contributed by atoms with Gasteiger partial charge < -0.3 is 9.88 Å². The van der Waals surface area contributed by atoms with Gasteiger partial charge in [-0.25, -0.2) is 4.98 Å². The summed E-state index contributed by atoms with van der Waals surface area (Å²) in [5.41, 5.74) is 0.484. The highest BCUT2D eigenvalue weighted by Crippen LogP contribution is 2.41. The van der Waals surface area contributed by atoms with Crippen molar-refractivity contribution in [2.45, 2.75) is 45.6 Å². The van der Waals surface area contributed by atoms with E-state index in [4.69, 9.17) is 0 Å². The Balaban J connectivity index is 2.17. The van der Waals surface area contributed by atoms with E-state index in [1.165, 1.54) is 25.7 Å². The zero-order valence-electron chi connectivity index (χ0n) is 9.95. The molecule has 1 heterocycles. The van der Waals surface area contributed by atoms with Crippen LogP contribution in [0.5, 0.6) is 0 Å². The lowest BCUT2D eigenvalue weighted by atomic mass is 9.75. The Hall–Kier alpha value is -0.990. The molecule has 0 bridgehead atoms. The highest BCUT2D eigenvalue weighted by Gasteiger charge is 2.29. The third kappa shape index (κ3) is 2.16. The molecule has 1 aromatic heterocycles. The van der Waals surface area contributed by atoms with E-state index in [0.717, 1.165) is 5.95 Å². The van der Waals surface area contributed by atoms with Crippen molar-refractivity contribution in [3.05, 3.63) is 12.4 Å². The van der Waals surface area contributed by atoms with Crippen molar-refractivity contribution in [1.82, 2.24) is 9.55 Å². The van der Waals surface area contributed by atoms with E-state index in [1.807, 2.05) is 13.2 Å². The molecule has 1 saturated carbocycles. The standard InChI is InChI=1S/C12H21N3/c1-12(2)6-4-5-10(9-12)15-8-7-14-11(15)13-3/h7-8,10H,4-6,9H2,1-3H3,(H,13,14). The number of imidazole rings is 1. The molecule has 0 aromatic carbocycles. The summed E-state index contributed by atoms with van der Waals surface area (Å²) in [6, 6.07) is 0.624. The molecule has 84 valence electrons. The highest BCUT2D eigenvalue weighted by atomic mass is 15.2. The second-order valence-electron chi connectivity index (χ2n) is 5.32. The topological polar surface area (TPSA) is 29.9 Å². The third-order valence-corrected chi connectivity index (χ3v) is 3.46. The summed E-state index contributed by atoms with van der Waals surface area (Å²) < 4.78 is 2.29. The minimum absolute atomic E-state index is 0.484. The molecule has 0 saturated heterocycles. The minimum atomic E-state index is 0.484. The molecule has 0 spiro atoms. The number of anilines is 1. The molecule has 15 heavy (non-hydrogen) atoms. The van der Waals surface area contributed by atoms with Gasteiger partial charge in [-0.2, -0.15) is 0 Å². The predicted molar refractivity (Wildman–Crippen MR) is 63.1 cm³/mol. The van der Waals surface area contributed by atoms with Crippen molar-refractivity contribution < 1.29 is 0 Å². The quantitative estimate of drug-likeness (QED) is 0.807. The molecule has 1 aromatic rings. The second-order valence-corrected chi connectivity index (χ2v) is 5.32. The van der Waals surface area contributed by atoms with E-state index in [2.05, 4.69) is 34.9 Å². The average Bonchev–Trinajstić information content (AvgIpc) is 2.63. The van der Waals surface area contributed by atoms with Crippen LogP contribution >= 0.6 is 0 Å². The number of aromatic nitrogens is 2. The second kappa shape index (κ2) is 3.87. The average molecular weight is 207 g/mol. The van der Waals surface area contributed by atoms with Gasteiger partial charge in [0.25, 0.3) is 0 Å². The predicted octanol–water partition coefficient (Wildman–Crippen LogP) is 3.07. The van der Waals surface area contributed by atoms with Gasteiger partial charge in [-0.15, -0.1) is 0 Å². The van der Waals surface area contributed by atoms with Gasteiger partial charge >= 0.3 is 0 Å². The Bertz CT molecular complexity index is 327. The fourth-order valence-corrected chi connectivity index (χ4v) is 2.70. The smallest absolute Gasteiger partial charge is 0.202 e. The van der Waals surface area contributed by atoms with E-state index in [-0.39, 0.29) is 0 Å². The lowest BCUT2D eigenvalue weighted by molar-refractivity contribution is 0.184. The lowest BCUT2D eigenvalue weighted by Crippen LogP contribution is -2.25. The summed E-state index contributed by atoms with van der Waals surface area (Å²) in [4.78, 5) is 4.31. The van der Waals surface area contributed by atoms with E-state index in [0.29, 0.717) is 11.5 Å². The maximum absolute atomic E-state index is 4.31. The van der Waals surface area contributed by atoms with E-state index in [9.17, 15) is 0 Å². The number of hydrogen-bond acceptors (Lipinski definition) is 2. The largest absolute Gasteiger partial charge is 0.359 e. The first kappa shape index (κ1) is 10.5. The van der Waals surface area contributed by atoms with Gasteiger partial charge in [0.1, 0.15) is 0 Å². The molecule has 1 unspecified atom stereocenters. The maximum atomic E-state index is 4.31. The SMILES string of the molecule is CNc1nccn1C1CCCC(C)(C)C1. The highest BCUT2D eigenvalue weighted by molar-refractivity contribution is 5.25. The normalized spacial score (nSPS) is 25.1. The van der Waals surface area contributed by atoms with Crippen LogP contribution in [0.3, 0.4) is 0 Å². The van der Waals surface area contributed by atoms with Crippen LogP contribution in [0.4, 0.5) is 5.95 Å². The van der Waals surface area contributed by atoms with Crippen LogP contribution in [0, 0.1) is 5.41 Å². The first-order valence-corrected chi connectivity index (χ1v) is 5.83. The Kier molecular flexibility index (Phi) is 2.72. The first-order chi connectivity index (χ1) is 7.12. The Morgan fingerprint density at radius 1 is 1.53 bits per heavy atom. The van der Waals surface area contributed by atoms with Gasteiger partial charge in [-0.1, -0.05) is 20.3 Å². The van der Waals surface area contributed by atoms with Crippen molar-refractivity contribution in [2.75, 3.05) is 12.4 Å². The summed E-state index contributed by atoms with van der Waals surface area (Å²) in [5.74, 6) is 0.998. The van der Waals surface area contributed by atoms with Crippen LogP contribution in [0.15, 0.2) is 12.4 Å². The summed E-state index contributed by atoms with van der Waals surface area (Å²) >= 11 is 0. The van der Waals surface area contributed by atoms with Crippen molar-refractivity contribution in [1.29, 1.82) is 0 Å². The van der Waals surface area contributed by atoms with E-state index < -0.39 is 0 Å². The fraction of sp³-hybridized carbons (Fsp3) is 0.750. The molecule has 1 fully saturated rings. The minimum Gasteiger partial charge on any atom is -0.359 e. The van der Waals surface area contributed by atoms with Gasteiger partial charge in [0, 0.05) is 25.5 Å². The molecule has 1 aliphatic rings. The molecular formula is C12H21N3. The number of rotatable bonds is 2. The monoisotopic (exact) mass is 207 g/mol. The van der Waals surface area contributed by atoms with Crippen molar-refractivity contribution in [3.63, 3.8) is 0 Å². The van der Waals surface area contributed by atoms with Crippen LogP contribution in [0.25, 0.3) is 0 Å². The molecule has 1 atom stereocenters. The zero-order chi connectivity index (χ0) is 10.9. The summed E-state index contributed by atoms with van der Waals surface area (Å²) in [6.07, 6.45) is 9.21. The maximum Gasteiger partial charge on any atom is 0.202 e. The number of nitrogens with zero attached hydrogens (tertiary/aromatic N) is 2. The Morgan fingerprint density at radius 2 is 2.33 bits per heavy atom. The van der Waals surface area contributed by atoms with Gasteiger partial charge in [-0.05, 0) is 24.7 Å². The zero-order valence-corrected chi connectivity index (χ0v) is 9.95. The van der Waals surface area contributed by atoms with Gasteiger partial charge in [0.2, 0.25) is 5.95 Å². The summed E-state index contributed by atoms with van der Waals surface area (Å²) in [6.45, 7) is 4.74. The van der Waals surface area contributed by atoms with Crippen LogP contribution in [0.2, 0.25) is 0 Å². The van der Waals surface area contributed by atoms with Gasteiger partial charge in [-0.3, -0.25) is 0 Å². The van der Waals surface area contributed by atoms with Crippen LogP contribution in [-0.4, -0.2) is 16.6 Å². The van der Waals surface area contributed by atoms with Crippen LogP contribution in [-0.2, 0) is 0 Å². The molecule has 1 aliphatic carbocycles. The molecule has 2 rings (SSSR count).